The van der Waals surface area contributed by atoms with Gasteiger partial charge in [-0.25, -0.2) is 0 Å². The Hall–Kier alpha value is 0.720. The molecule has 0 aliphatic rings. The zero-order chi connectivity index (χ0) is 6.73. The van der Waals surface area contributed by atoms with Crippen LogP contribution in [0.25, 0.3) is 0 Å². The van der Waals surface area contributed by atoms with Crippen LogP contribution in [-0.2, 0) is 0 Å². The van der Waals surface area contributed by atoms with Gasteiger partial charge in [-0.2, -0.15) is 0 Å². The Kier molecular flexibility index (Phi) is 4.02. The molecule has 2 N–H and O–H groups in total. The van der Waals surface area contributed by atoms with Crippen molar-refractivity contribution in [1.29, 1.82) is 0 Å². The molecule has 0 fully saturated rings. The third-order valence-corrected chi connectivity index (χ3v) is 1.85. The smallest absolute Gasteiger partial charge is 0.0510 e. The average molecular weight is 245 g/mol. The molecule has 0 aliphatic heterocycles. The summed E-state index contributed by atoms with van der Waals surface area (Å²) in [5, 5.41) is -0.0144. The minimum atomic E-state index is -0.0720. The normalized spacial score (nSPS) is 17.5. The van der Waals surface area contributed by atoms with E-state index >= 15 is 0 Å². The first kappa shape index (κ1) is 8.72. The summed E-state index contributed by atoms with van der Waals surface area (Å²) in [6.45, 7) is 5.51. The van der Waals surface area contributed by atoms with Crippen LogP contribution in [0.3, 0.4) is 0 Å². The van der Waals surface area contributed by atoms with Crippen molar-refractivity contribution in [3.63, 3.8) is 0 Å². The minimum Gasteiger partial charge on any atom is -0.322 e. The van der Waals surface area contributed by atoms with Gasteiger partial charge in [-0.05, 0) is 29.5 Å². The highest BCUT2D eigenvalue weighted by Gasteiger charge is 2.09. The molecule has 0 bridgehead atoms. The molecule has 1 nitrogen and oxygen atoms in total. The lowest BCUT2D eigenvalue weighted by molar-refractivity contribution is 0.789. The molecule has 0 aliphatic carbocycles. The number of halogens is 2. The molecule has 0 radical (unpaired) electrons. The average Bonchev–Trinajstić information content (AvgIpc) is 1.64. The minimum absolute atomic E-state index is 0.0144. The van der Waals surface area contributed by atoms with Gasteiger partial charge in [0.2, 0.25) is 0 Å². The SMILES string of the molecule is C=C(I)[C@@H](N)[C@H](C)Cl. The summed E-state index contributed by atoms with van der Waals surface area (Å²) in [6.07, 6.45) is 0. The predicted octanol–water partition coefficient (Wildman–Crippen LogP) is 1.89. The Morgan fingerprint density at radius 2 is 2.25 bits per heavy atom. The summed E-state index contributed by atoms with van der Waals surface area (Å²) < 4.78 is 0.908. The summed E-state index contributed by atoms with van der Waals surface area (Å²) in [5.41, 5.74) is 5.52. The van der Waals surface area contributed by atoms with Gasteiger partial charge in [0.05, 0.1) is 11.4 Å². The Morgan fingerprint density at radius 1 is 1.88 bits per heavy atom. The van der Waals surface area contributed by atoms with Crippen molar-refractivity contribution < 1.29 is 0 Å². The quantitative estimate of drug-likeness (QED) is 0.583. The van der Waals surface area contributed by atoms with E-state index in [1.54, 1.807) is 0 Å². The first-order chi connectivity index (χ1) is 3.55. The van der Waals surface area contributed by atoms with E-state index in [-0.39, 0.29) is 11.4 Å². The Bertz CT molecular complexity index is 92.4. The molecular weight excluding hydrogens is 236 g/mol. The number of alkyl halides is 1. The predicted molar refractivity (Wildman–Crippen MR) is 46.5 cm³/mol. The van der Waals surface area contributed by atoms with E-state index in [4.69, 9.17) is 17.3 Å². The van der Waals surface area contributed by atoms with Crippen LogP contribution in [0.15, 0.2) is 10.2 Å². The molecule has 0 rings (SSSR count). The fourth-order valence-corrected chi connectivity index (χ4v) is 1.15. The summed E-state index contributed by atoms with van der Waals surface area (Å²) in [5.74, 6) is 0. The van der Waals surface area contributed by atoms with Gasteiger partial charge in [0.15, 0.2) is 0 Å². The molecule has 0 saturated carbocycles. The molecule has 8 heavy (non-hydrogen) atoms. The Labute approximate surface area is 68.4 Å². The van der Waals surface area contributed by atoms with Gasteiger partial charge in [0.1, 0.15) is 0 Å². The van der Waals surface area contributed by atoms with Gasteiger partial charge in [0, 0.05) is 3.58 Å². The van der Waals surface area contributed by atoms with Crippen molar-refractivity contribution in [3.8, 4) is 0 Å². The van der Waals surface area contributed by atoms with Crippen LogP contribution in [0.1, 0.15) is 6.92 Å². The molecule has 3 heteroatoms. The third kappa shape index (κ3) is 2.89. The lowest BCUT2D eigenvalue weighted by atomic mass is 10.2. The standard InChI is InChI=1S/C5H9ClIN/c1-3(6)5(8)4(2)7/h3,5H,2,8H2,1H3/t3-,5-/m0/s1. The fourth-order valence-electron chi connectivity index (χ4n) is 0.249. The van der Waals surface area contributed by atoms with E-state index in [1.165, 1.54) is 0 Å². The molecule has 0 unspecified atom stereocenters. The summed E-state index contributed by atoms with van der Waals surface area (Å²) in [4.78, 5) is 0. The van der Waals surface area contributed by atoms with Crippen LogP contribution in [0.5, 0.6) is 0 Å². The van der Waals surface area contributed by atoms with Crippen molar-refractivity contribution in [3.05, 3.63) is 10.2 Å². The topological polar surface area (TPSA) is 26.0 Å². The summed E-state index contributed by atoms with van der Waals surface area (Å²) in [6, 6.07) is -0.0720. The van der Waals surface area contributed by atoms with Crippen LogP contribution >= 0.6 is 34.2 Å². The fraction of sp³-hybridized carbons (Fsp3) is 0.600. The maximum atomic E-state index is 5.63. The number of hydrogen-bond acceptors (Lipinski definition) is 1. The van der Waals surface area contributed by atoms with Crippen molar-refractivity contribution in [2.24, 2.45) is 5.73 Å². The largest absolute Gasteiger partial charge is 0.322 e. The van der Waals surface area contributed by atoms with Crippen LogP contribution < -0.4 is 5.73 Å². The van der Waals surface area contributed by atoms with Crippen LogP contribution in [0, 0.1) is 0 Å². The van der Waals surface area contributed by atoms with E-state index in [1.807, 2.05) is 6.92 Å². The van der Waals surface area contributed by atoms with Crippen LogP contribution in [0.4, 0.5) is 0 Å². The van der Waals surface area contributed by atoms with Gasteiger partial charge >= 0.3 is 0 Å². The second-order valence-corrected chi connectivity index (χ2v) is 3.72. The molecule has 0 saturated heterocycles. The van der Waals surface area contributed by atoms with Crippen molar-refractivity contribution in [1.82, 2.24) is 0 Å². The van der Waals surface area contributed by atoms with E-state index < -0.39 is 0 Å². The van der Waals surface area contributed by atoms with E-state index in [0.29, 0.717) is 0 Å². The number of hydrogen-bond donors (Lipinski definition) is 1. The van der Waals surface area contributed by atoms with Gasteiger partial charge in [-0.1, -0.05) is 6.58 Å². The van der Waals surface area contributed by atoms with Crippen molar-refractivity contribution in [2.75, 3.05) is 0 Å². The van der Waals surface area contributed by atoms with Gasteiger partial charge in [-0.15, -0.1) is 11.6 Å². The van der Waals surface area contributed by atoms with E-state index in [2.05, 4.69) is 29.2 Å². The highest BCUT2D eigenvalue weighted by atomic mass is 127. The highest BCUT2D eigenvalue weighted by Crippen LogP contribution is 2.12. The van der Waals surface area contributed by atoms with Crippen LogP contribution in [-0.4, -0.2) is 11.4 Å². The number of rotatable bonds is 2. The maximum absolute atomic E-state index is 5.63. The van der Waals surface area contributed by atoms with Crippen molar-refractivity contribution >= 4 is 34.2 Å². The van der Waals surface area contributed by atoms with Crippen LogP contribution in [0.2, 0.25) is 0 Å². The molecule has 0 heterocycles. The second kappa shape index (κ2) is 3.69. The summed E-state index contributed by atoms with van der Waals surface area (Å²) in [7, 11) is 0. The molecule has 0 aromatic rings. The Morgan fingerprint density at radius 3 is 2.25 bits per heavy atom. The number of nitrogens with two attached hydrogens (primary N) is 1. The monoisotopic (exact) mass is 245 g/mol. The van der Waals surface area contributed by atoms with E-state index in [0.717, 1.165) is 3.58 Å². The lowest BCUT2D eigenvalue weighted by Gasteiger charge is -2.10. The van der Waals surface area contributed by atoms with Gasteiger partial charge in [0.25, 0.3) is 0 Å². The molecule has 0 aromatic carbocycles. The highest BCUT2D eigenvalue weighted by molar-refractivity contribution is 14.1. The molecule has 0 spiro atoms. The zero-order valence-electron chi connectivity index (χ0n) is 4.70. The van der Waals surface area contributed by atoms with Gasteiger partial charge < -0.3 is 5.73 Å². The second-order valence-electron chi connectivity index (χ2n) is 1.65. The van der Waals surface area contributed by atoms with Crippen molar-refractivity contribution in [2.45, 2.75) is 18.3 Å². The summed E-state index contributed by atoms with van der Waals surface area (Å²) >= 11 is 7.71. The Balaban J connectivity index is 3.64. The lowest BCUT2D eigenvalue weighted by Crippen LogP contribution is -2.28. The molecule has 48 valence electrons. The van der Waals surface area contributed by atoms with E-state index in [9.17, 15) is 0 Å². The first-order valence-electron chi connectivity index (χ1n) is 2.29. The zero-order valence-corrected chi connectivity index (χ0v) is 7.61. The third-order valence-electron chi connectivity index (χ3n) is 0.857. The molecule has 0 aromatic heterocycles. The molecule has 0 amide bonds. The molecular formula is C5H9ClIN. The first-order valence-corrected chi connectivity index (χ1v) is 3.81. The van der Waals surface area contributed by atoms with Gasteiger partial charge in [-0.3, -0.25) is 0 Å². The maximum Gasteiger partial charge on any atom is 0.0510 e. The molecule has 2 atom stereocenters.